The molecule has 0 bridgehead atoms. The molecule has 1 atom stereocenters. The third kappa shape index (κ3) is 5.67. The summed E-state index contributed by atoms with van der Waals surface area (Å²) in [7, 11) is 0. The Hall–Kier alpha value is -1.31. The third-order valence-electron chi connectivity index (χ3n) is 4.12. The molecule has 2 rings (SSSR count). The number of aliphatic hydroxyl groups is 1. The molecule has 0 amide bonds. The van der Waals surface area contributed by atoms with Crippen molar-refractivity contribution in [1.82, 2.24) is 0 Å². The number of benzene rings is 2. The highest BCUT2D eigenvalue weighted by atomic mass is 35.5. The van der Waals surface area contributed by atoms with Crippen LogP contribution in [0.15, 0.2) is 42.5 Å². The Balaban J connectivity index is 1.96. The molecule has 0 aliphatic heterocycles. The van der Waals surface area contributed by atoms with E-state index in [4.69, 9.17) is 16.7 Å². The van der Waals surface area contributed by atoms with Gasteiger partial charge in [0, 0.05) is 5.02 Å². The predicted molar refractivity (Wildman–Crippen MR) is 98.9 cm³/mol. The maximum Gasteiger partial charge on any atom is 0.0681 e. The van der Waals surface area contributed by atoms with Gasteiger partial charge in [-0.3, -0.25) is 0 Å². The van der Waals surface area contributed by atoms with Gasteiger partial charge in [0.05, 0.1) is 6.61 Å². The van der Waals surface area contributed by atoms with Gasteiger partial charge >= 0.3 is 0 Å². The van der Waals surface area contributed by atoms with Gasteiger partial charge in [-0.25, -0.2) is 0 Å². The van der Waals surface area contributed by atoms with Crippen LogP contribution in [-0.2, 0) is 25.9 Å². The maximum absolute atomic E-state index is 9.10. The van der Waals surface area contributed by atoms with E-state index in [0.717, 1.165) is 29.8 Å². The summed E-state index contributed by atoms with van der Waals surface area (Å²) in [6.07, 6.45) is 3.10. The van der Waals surface area contributed by atoms with Crippen molar-refractivity contribution in [3.8, 4) is 0 Å². The van der Waals surface area contributed by atoms with Gasteiger partial charge in [-0.2, -0.15) is 0 Å². The molecular weight excluding hydrogens is 304 g/mol. The standard InChI is InChI=1S/C21H27ClO/c1-15(2)10-20-9-8-19(13-21(20)22)12-16(3)11-17-4-6-18(14-23)7-5-17/h4-9,13,15-16,23H,10-12,14H2,1-3H3. The Morgan fingerprint density at radius 3 is 1.96 bits per heavy atom. The van der Waals surface area contributed by atoms with E-state index in [1.165, 1.54) is 16.7 Å². The van der Waals surface area contributed by atoms with Gasteiger partial charge in [-0.15, -0.1) is 0 Å². The van der Waals surface area contributed by atoms with Crippen molar-refractivity contribution in [2.45, 2.75) is 46.6 Å². The number of aliphatic hydroxyl groups excluding tert-OH is 1. The van der Waals surface area contributed by atoms with Gasteiger partial charge in [-0.1, -0.05) is 68.8 Å². The van der Waals surface area contributed by atoms with E-state index in [2.05, 4.69) is 51.1 Å². The minimum Gasteiger partial charge on any atom is -0.392 e. The predicted octanol–water partition coefficient (Wildman–Crippen LogP) is 5.45. The van der Waals surface area contributed by atoms with Crippen LogP contribution < -0.4 is 0 Å². The van der Waals surface area contributed by atoms with Crippen molar-refractivity contribution in [2.24, 2.45) is 11.8 Å². The number of rotatable bonds is 7. The van der Waals surface area contributed by atoms with Crippen LogP contribution in [0.3, 0.4) is 0 Å². The molecule has 1 N–H and O–H groups in total. The first-order chi connectivity index (χ1) is 11.0. The van der Waals surface area contributed by atoms with Gasteiger partial charge in [0.2, 0.25) is 0 Å². The molecule has 23 heavy (non-hydrogen) atoms. The summed E-state index contributed by atoms with van der Waals surface area (Å²) in [5.74, 6) is 1.18. The molecule has 0 aromatic heterocycles. The summed E-state index contributed by atoms with van der Waals surface area (Å²) in [5.41, 5.74) is 4.84. The van der Waals surface area contributed by atoms with Crippen molar-refractivity contribution < 1.29 is 5.11 Å². The first kappa shape index (κ1) is 18.0. The molecule has 0 aliphatic carbocycles. The Kier molecular flexibility index (Phi) is 6.68. The first-order valence-corrected chi connectivity index (χ1v) is 8.81. The fourth-order valence-corrected chi connectivity index (χ4v) is 3.26. The normalized spacial score (nSPS) is 12.6. The molecule has 0 saturated carbocycles. The summed E-state index contributed by atoms with van der Waals surface area (Å²) in [6.45, 7) is 6.82. The quantitative estimate of drug-likeness (QED) is 0.715. The highest BCUT2D eigenvalue weighted by Crippen LogP contribution is 2.23. The van der Waals surface area contributed by atoms with E-state index in [1.807, 2.05) is 12.1 Å². The van der Waals surface area contributed by atoms with Crippen molar-refractivity contribution >= 4 is 11.6 Å². The van der Waals surface area contributed by atoms with Crippen molar-refractivity contribution in [3.05, 3.63) is 69.7 Å². The lowest BCUT2D eigenvalue weighted by atomic mass is 9.93. The zero-order valence-corrected chi connectivity index (χ0v) is 15.1. The van der Waals surface area contributed by atoms with E-state index in [1.54, 1.807) is 0 Å². The first-order valence-electron chi connectivity index (χ1n) is 8.44. The lowest BCUT2D eigenvalue weighted by Gasteiger charge is -2.14. The smallest absolute Gasteiger partial charge is 0.0681 e. The van der Waals surface area contributed by atoms with Crippen LogP contribution in [0.25, 0.3) is 0 Å². The molecule has 0 aliphatic rings. The average Bonchev–Trinajstić information content (AvgIpc) is 2.50. The number of halogens is 1. The number of hydrogen-bond donors (Lipinski definition) is 1. The topological polar surface area (TPSA) is 20.2 Å². The largest absolute Gasteiger partial charge is 0.392 e. The van der Waals surface area contributed by atoms with Crippen LogP contribution in [0, 0.1) is 11.8 Å². The van der Waals surface area contributed by atoms with Gasteiger partial charge in [-0.05, 0) is 59.4 Å². The van der Waals surface area contributed by atoms with Crippen LogP contribution >= 0.6 is 11.6 Å². The molecule has 1 unspecified atom stereocenters. The Morgan fingerprint density at radius 2 is 1.39 bits per heavy atom. The van der Waals surface area contributed by atoms with Gasteiger partial charge in [0.1, 0.15) is 0 Å². The molecule has 124 valence electrons. The molecule has 0 fully saturated rings. The van der Waals surface area contributed by atoms with Crippen molar-refractivity contribution in [3.63, 3.8) is 0 Å². The molecule has 1 nitrogen and oxygen atoms in total. The highest BCUT2D eigenvalue weighted by Gasteiger charge is 2.09. The Morgan fingerprint density at radius 1 is 0.826 bits per heavy atom. The SMILES string of the molecule is CC(C)Cc1ccc(CC(C)Cc2ccc(CO)cc2)cc1Cl. The van der Waals surface area contributed by atoms with Crippen molar-refractivity contribution in [1.29, 1.82) is 0 Å². The summed E-state index contributed by atoms with van der Waals surface area (Å²) < 4.78 is 0. The minimum atomic E-state index is 0.108. The summed E-state index contributed by atoms with van der Waals surface area (Å²) in [4.78, 5) is 0. The summed E-state index contributed by atoms with van der Waals surface area (Å²) in [6, 6.07) is 14.8. The average molecular weight is 331 g/mol. The van der Waals surface area contributed by atoms with E-state index in [-0.39, 0.29) is 6.61 Å². The molecule has 0 saturated heterocycles. The highest BCUT2D eigenvalue weighted by molar-refractivity contribution is 6.31. The summed E-state index contributed by atoms with van der Waals surface area (Å²) >= 11 is 6.43. The molecule has 0 radical (unpaired) electrons. The minimum absolute atomic E-state index is 0.108. The van der Waals surface area contributed by atoms with Crippen LogP contribution in [0.2, 0.25) is 5.02 Å². The van der Waals surface area contributed by atoms with E-state index < -0.39 is 0 Å². The zero-order chi connectivity index (χ0) is 16.8. The van der Waals surface area contributed by atoms with Crippen LogP contribution in [0.5, 0.6) is 0 Å². The molecule has 2 heteroatoms. The van der Waals surface area contributed by atoms with E-state index in [9.17, 15) is 0 Å². The summed E-state index contributed by atoms with van der Waals surface area (Å²) in [5, 5.41) is 9.99. The molecule has 0 spiro atoms. The molecular formula is C21H27ClO. The van der Waals surface area contributed by atoms with Crippen LogP contribution in [-0.4, -0.2) is 5.11 Å². The number of hydrogen-bond acceptors (Lipinski definition) is 1. The lowest BCUT2D eigenvalue weighted by Crippen LogP contribution is -2.05. The van der Waals surface area contributed by atoms with E-state index >= 15 is 0 Å². The van der Waals surface area contributed by atoms with Gasteiger partial charge < -0.3 is 5.11 Å². The third-order valence-corrected chi connectivity index (χ3v) is 4.47. The zero-order valence-electron chi connectivity index (χ0n) is 14.3. The second-order valence-corrected chi connectivity index (χ2v) is 7.42. The monoisotopic (exact) mass is 330 g/mol. The maximum atomic E-state index is 9.10. The fourth-order valence-electron chi connectivity index (χ4n) is 2.98. The molecule has 2 aromatic rings. The van der Waals surface area contributed by atoms with Gasteiger partial charge in [0.15, 0.2) is 0 Å². The van der Waals surface area contributed by atoms with E-state index in [0.29, 0.717) is 11.8 Å². The van der Waals surface area contributed by atoms with Gasteiger partial charge in [0.25, 0.3) is 0 Å². The molecule has 0 heterocycles. The Bertz CT molecular complexity index is 616. The second kappa shape index (κ2) is 8.52. The lowest BCUT2D eigenvalue weighted by molar-refractivity contribution is 0.282. The fraction of sp³-hybridized carbons (Fsp3) is 0.429. The second-order valence-electron chi connectivity index (χ2n) is 7.01. The van der Waals surface area contributed by atoms with Crippen LogP contribution in [0.1, 0.15) is 43.0 Å². The molecule has 2 aromatic carbocycles. The Labute approximate surface area is 145 Å². The van der Waals surface area contributed by atoms with Crippen molar-refractivity contribution in [2.75, 3.05) is 0 Å². The van der Waals surface area contributed by atoms with Crippen LogP contribution in [0.4, 0.5) is 0 Å².